The molecule has 27 heavy (non-hydrogen) atoms. The highest BCUT2D eigenvalue weighted by molar-refractivity contribution is 5.74. The highest BCUT2D eigenvalue weighted by atomic mass is 16.4. The van der Waals surface area contributed by atoms with Crippen molar-refractivity contribution in [2.24, 2.45) is 0 Å². The molecule has 0 bridgehead atoms. The molecule has 3 heterocycles. The number of aryl methyl sites for hydroxylation is 1. The van der Waals surface area contributed by atoms with Crippen LogP contribution in [-0.4, -0.2) is 37.9 Å². The van der Waals surface area contributed by atoms with E-state index in [1.165, 1.54) is 4.57 Å². The predicted molar refractivity (Wildman–Crippen MR) is 101 cm³/mol. The van der Waals surface area contributed by atoms with Gasteiger partial charge < -0.3 is 9.32 Å². The van der Waals surface area contributed by atoms with Crippen molar-refractivity contribution in [1.82, 2.24) is 19.4 Å². The van der Waals surface area contributed by atoms with Crippen LogP contribution >= 0.6 is 0 Å². The van der Waals surface area contributed by atoms with Crippen LogP contribution < -0.4 is 5.76 Å². The molecular weight excluding hydrogens is 344 g/mol. The highest BCUT2D eigenvalue weighted by Crippen LogP contribution is 2.21. The molecular formula is C20H22N4O3. The van der Waals surface area contributed by atoms with Crippen LogP contribution in [0, 0.1) is 0 Å². The molecule has 1 amide bonds. The Bertz CT molecular complexity index is 1010. The minimum absolute atomic E-state index is 0.146. The number of oxazole rings is 1. The maximum Gasteiger partial charge on any atom is 0.425 e. The molecule has 3 aromatic rings. The van der Waals surface area contributed by atoms with Crippen molar-refractivity contribution in [1.29, 1.82) is 0 Å². The second-order valence-corrected chi connectivity index (χ2v) is 6.94. The monoisotopic (exact) mass is 366 g/mol. The minimum Gasteiger partial charge on any atom is -0.407 e. The topological polar surface area (TPSA) is 81.2 Å². The van der Waals surface area contributed by atoms with Crippen LogP contribution in [0.1, 0.15) is 38.3 Å². The number of fused-ring (bicyclic) bond motifs is 1. The predicted octanol–water partition coefficient (Wildman–Crippen LogP) is 2.71. The van der Waals surface area contributed by atoms with Gasteiger partial charge in [0.15, 0.2) is 11.4 Å². The molecule has 1 aromatic carbocycles. The molecule has 0 saturated carbocycles. The Hall–Kier alpha value is -2.96. The molecule has 7 nitrogen and oxygen atoms in total. The van der Waals surface area contributed by atoms with E-state index in [9.17, 15) is 9.59 Å². The lowest BCUT2D eigenvalue weighted by atomic mass is 9.97. The highest BCUT2D eigenvalue weighted by Gasteiger charge is 2.24. The summed E-state index contributed by atoms with van der Waals surface area (Å²) in [4.78, 5) is 34.8. The molecule has 1 saturated heterocycles. The van der Waals surface area contributed by atoms with Crippen LogP contribution in [0.3, 0.4) is 0 Å². The zero-order chi connectivity index (χ0) is 18.8. The molecule has 7 heteroatoms. The van der Waals surface area contributed by atoms with Crippen molar-refractivity contribution in [3.05, 3.63) is 52.9 Å². The number of piperidine rings is 1. The van der Waals surface area contributed by atoms with E-state index in [-0.39, 0.29) is 11.9 Å². The number of hydrogen-bond acceptors (Lipinski definition) is 5. The van der Waals surface area contributed by atoms with E-state index < -0.39 is 5.76 Å². The molecule has 140 valence electrons. The van der Waals surface area contributed by atoms with Gasteiger partial charge in [0.2, 0.25) is 5.91 Å². The van der Waals surface area contributed by atoms with E-state index in [0.29, 0.717) is 16.9 Å². The van der Waals surface area contributed by atoms with E-state index in [0.717, 1.165) is 44.3 Å². The lowest BCUT2D eigenvalue weighted by Gasteiger charge is -2.35. The number of amides is 1. The van der Waals surface area contributed by atoms with Gasteiger partial charge in [0.1, 0.15) is 0 Å². The molecule has 0 N–H and O–H groups in total. The van der Waals surface area contributed by atoms with Gasteiger partial charge >= 0.3 is 5.76 Å². The standard InChI is InChI=1S/C20H22N4O3/c1-14(25)23-11-5-4-6-16(23)10-9-15-12-22-19(13-21-15)24-17-7-2-3-8-18(17)27-20(24)26/h2-3,7-8,12-13,16H,4-6,9-11H2,1H3. The summed E-state index contributed by atoms with van der Waals surface area (Å²) in [6.45, 7) is 2.49. The Morgan fingerprint density at radius 2 is 2.07 bits per heavy atom. The second kappa shape index (κ2) is 7.34. The van der Waals surface area contributed by atoms with E-state index in [1.54, 1.807) is 25.4 Å². The molecule has 0 spiro atoms. The second-order valence-electron chi connectivity index (χ2n) is 6.94. The van der Waals surface area contributed by atoms with Crippen LogP contribution in [0.15, 0.2) is 45.9 Å². The van der Waals surface area contributed by atoms with Gasteiger partial charge in [0.05, 0.1) is 23.6 Å². The van der Waals surface area contributed by atoms with Crippen molar-refractivity contribution < 1.29 is 9.21 Å². The van der Waals surface area contributed by atoms with Gasteiger partial charge in [-0.2, -0.15) is 0 Å². The smallest absolute Gasteiger partial charge is 0.407 e. The minimum atomic E-state index is -0.474. The van der Waals surface area contributed by atoms with Gasteiger partial charge in [-0.05, 0) is 44.2 Å². The summed E-state index contributed by atoms with van der Waals surface area (Å²) >= 11 is 0. The summed E-state index contributed by atoms with van der Waals surface area (Å²) in [5.41, 5.74) is 2.05. The fraction of sp³-hybridized carbons (Fsp3) is 0.400. The van der Waals surface area contributed by atoms with Crippen LogP contribution in [0.5, 0.6) is 0 Å². The summed E-state index contributed by atoms with van der Waals surface area (Å²) in [5.74, 6) is 0.113. The van der Waals surface area contributed by atoms with Gasteiger partial charge in [-0.3, -0.25) is 9.78 Å². The molecule has 1 aliphatic heterocycles. The first-order valence-corrected chi connectivity index (χ1v) is 9.32. The molecule has 1 fully saturated rings. The Morgan fingerprint density at radius 1 is 1.22 bits per heavy atom. The van der Waals surface area contributed by atoms with Crippen LogP contribution in [0.2, 0.25) is 0 Å². The van der Waals surface area contributed by atoms with Gasteiger partial charge in [-0.25, -0.2) is 14.3 Å². The molecule has 0 radical (unpaired) electrons. The lowest BCUT2D eigenvalue weighted by Crippen LogP contribution is -2.42. The van der Waals surface area contributed by atoms with Gasteiger partial charge in [0, 0.05) is 19.5 Å². The average Bonchev–Trinajstić information content (AvgIpc) is 3.02. The first-order chi connectivity index (χ1) is 13.1. The lowest BCUT2D eigenvalue weighted by molar-refractivity contribution is -0.132. The van der Waals surface area contributed by atoms with Crippen molar-refractivity contribution >= 4 is 17.0 Å². The number of aromatic nitrogens is 3. The molecule has 1 aliphatic rings. The van der Waals surface area contributed by atoms with Gasteiger partial charge in [-0.15, -0.1) is 0 Å². The Balaban J connectivity index is 1.50. The molecule has 1 unspecified atom stereocenters. The third-order valence-electron chi connectivity index (χ3n) is 5.17. The molecule has 0 aliphatic carbocycles. The number of nitrogens with zero attached hydrogens (tertiary/aromatic N) is 4. The number of likely N-dealkylation sites (tertiary alicyclic amines) is 1. The summed E-state index contributed by atoms with van der Waals surface area (Å²) in [7, 11) is 0. The number of carbonyl (C=O) groups is 1. The van der Waals surface area contributed by atoms with E-state index in [2.05, 4.69) is 9.97 Å². The van der Waals surface area contributed by atoms with Crippen LogP contribution in [0.25, 0.3) is 16.9 Å². The zero-order valence-corrected chi connectivity index (χ0v) is 15.3. The molecule has 1 atom stereocenters. The Kier molecular flexibility index (Phi) is 4.75. The van der Waals surface area contributed by atoms with Crippen molar-refractivity contribution in [3.8, 4) is 5.82 Å². The third kappa shape index (κ3) is 3.49. The SMILES string of the molecule is CC(=O)N1CCCCC1CCc1cnc(-n2c(=O)oc3ccccc32)cn1. The normalized spacial score (nSPS) is 17.4. The summed E-state index contributed by atoms with van der Waals surface area (Å²) in [5, 5.41) is 0. The average molecular weight is 366 g/mol. The van der Waals surface area contributed by atoms with Gasteiger partial charge in [-0.1, -0.05) is 12.1 Å². The van der Waals surface area contributed by atoms with E-state index >= 15 is 0 Å². The summed E-state index contributed by atoms with van der Waals surface area (Å²) in [6, 6.07) is 7.51. The van der Waals surface area contributed by atoms with Crippen molar-refractivity contribution in [3.63, 3.8) is 0 Å². The number of para-hydroxylation sites is 2. The van der Waals surface area contributed by atoms with E-state index in [4.69, 9.17) is 4.42 Å². The number of benzene rings is 1. The maximum atomic E-state index is 12.1. The molecule has 2 aromatic heterocycles. The first kappa shape index (κ1) is 17.5. The first-order valence-electron chi connectivity index (χ1n) is 9.32. The fourth-order valence-corrected chi connectivity index (χ4v) is 3.81. The quantitative estimate of drug-likeness (QED) is 0.709. The Morgan fingerprint density at radius 3 is 2.85 bits per heavy atom. The zero-order valence-electron chi connectivity index (χ0n) is 15.3. The number of rotatable bonds is 4. The molecule has 4 rings (SSSR count). The van der Waals surface area contributed by atoms with E-state index in [1.807, 2.05) is 23.1 Å². The summed E-state index contributed by atoms with van der Waals surface area (Å²) < 4.78 is 6.67. The number of carbonyl (C=O) groups excluding carboxylic acids is 1. The Labute approximate surface area is 156 Å². The fourth-order valence-electron chi connectivity index (χ4n) is 3.81. The van der Waals surface area contributed by atoms with Crippen molar-refractivity contribution in [2.75, 3.05) is 6.54 Å². The van der Waals surface area contributed by atoms with Crippen molar-refractivity contribution in [2.45, 2.75) is 45.1 Å². The summed E-state index contributed by atoms with van der Waals surface area (Å²) in [6.07, 6.45) is 8.22. The van der Waals surface area contributed by atoms with Crippen LogP contribution in [0.4, 0.5) is 0 Å². The third-order valence-corrected chi connectivity index (χ3v) is 5.17. The van der Waals surface area contributed by atoms with Crippen LogP contribution in [-0.2, 0) is 11.2 Å². The van der Waals surface area contributed by atoms with Gasteiger partial charge in [0.25, 0.3) is 0 Å². The largest absolute Gasteiger partial charge is 0.425 e. The number of hydrogen-bond donors (Lipinski definition) is 0. The maximum absolute atomic E-state index is 12.1.